The molecule has 2 heterocycles. The molecule has 1 aliphatic heterocycles. The Bertz CT molecular complexity index is 952. The lowest BCUT2D eigenvalue weighted by Gasteiger charge is -2.46. The van der Waals surface area contributed by atoms with E-state index in [9.17, 15) is 19.2 Å². The van der Waals surface area contributed by atoms with E-state index in [0.29, 0.717) is 43.2 Å². The predicted octanol–water partition coefficient (Wildman–Crippen LogP) is 1.24. The second kappa shape index (κ2) is 11.7. The molecule has 0 saturated carbocycles. The summed E-state index contributed by atoms with van der Waals surface area (Å²) >= 11 is 0. The summed E-state index contributed by atoms with van der Waals surface area (Å²) in [5.74, 6) is -3.54. The van der Waals surface area contributed by atoms with Crippen LogP contribution in [-0.2, 0) is 55.7 Å². The van der Waals surface area contributed by atoms with E-state index >= 15 is 0 Å². The molecule has 1 saturated heterocycles. The van der Waals surface area contributed by atoms with Crippen LogP contribution in [0.3, 0.4) is 0 Å². The number of ether oxygens (including phenoxy) is 5. The number of rotatable bonds is 9. The molecule has 2 aliphatic rings. The number of hydrogen-bond acceptors (Lipinski definition) is 11. The molecule has 1 aliphatic carbocycles. The van der Waals surface area contributed by atoms with Gasteiger partial charge in [-0.3, -0.25) is 19.2 Å². The van der Waals surface area contributed by atoms with Crippen molar-refractivity contribution < 1.29 is 42.9 Å². The van der Waals surface area contributed by atoms with Gasteiger partial charge in [-0.2, -0.15) is 0 Å². The lowest BCUT2D eigenvalue weighted by atomic mass is 9.54. The molecule has 0 bridgehead atoms. The summed E-state index contributed by atoms with van der Waals surface area (Å²) in [6.45, 7) is 8.31. The minimum Gasteiger partial charge on any atom is -0.465 e. The molecule has 0 amide bonds. The number of carbonyl (C=O) groups excluding carboxylic acids is 4. The maximum Gasteiger partial charge on any atom is 0.325 e. The predicted molar refractivity (Wildman–Crippen MR) is 126 cm³/mol. The Morgan fingerprint density at radius 1 is 0.778 bits per heavy atom. The van der Waals surface area contributed by atoms with Crippen molar-refractivity contribution in [3.63, 3.8) is 0 Å². The minimum atomic E-state index is -2.35. The summed E-state index contributed by atoms with van der Waals surface area (Å²) in [6.07, 6.45) is 0.902. The van der Waals surface area contributed by atoms with Crippen LogP contribution in [0.1, 0.15) is 38.8 Å². The Balaban J connectivity index is 2.28. The van der Waals surface area contributed by atoms with E-state index in [0.717, 1.165) is 0 Å². The van der Waals surface area contributed by atoms with Gasteiger partial charge in [-0.15, -0.1) is 0 Å². The van der Waals surface area contributed by atoms with E-state index in [2.05, 4.69) is 4.98 Å². The van der Waals surface area contributed by atoms with Gasteiger partial charge in [0.15, 0.2) is 10.8 Å². The monoisotopic (exact) mass is 506 g/mol. The van der Waals surface area contributed by atoms with Crippen molar-refractivity contribution >= 4 is 29.7 Å². The molecular weight excluding hydrogens is 472 g/mol. The maximum absolute atomic E-state index is 13.7. The van der Waals surface area contributed by atoms with Crippen LogP contribution < -0.4 is 4.90 Å². The van der Waals surface area contributed by atoms with Crippen molar-refractivity contribution in [3.05, 3.63) is 23.4 Å². The molecule has 1 fully saturated rings. The third kappa shape index (κ3) is 4.63. The molecule has 36 heavy (non-hydrogen) atoms. The average Bonchev–Trinajstić information content (AvgIpc) is 2.88. The zero-order chi connectivity index (χ0) is 26.3. The number of hydrogen-bond donors (Lipinski definition) is 0. The van der Waals surface area contributed by atoms with E-state index in [-0.39, 0.29) is 39.3 Å². The highest BCUT2D eigenvalue weighted by molar-refractivity contribution is 6.15. The fourth-order valence-corrected chi connectivity index (χ4v) is 4.84. The highest BCUT2D eigenvalue weighted by atomic mass is 16.6. The van der Waals surface area contributed by atoms with Crippen LogP contribution in [0, 0.1) is 10.8 Å². The Morgan fingerprint density at radius 3 is 1.61 bits per heavy atom. The average molecular weight is 507 g/mol. The first-order valence-electron chi connectivity index (χ1n) is 12.3. The molecule has 1 aromatic rings. The second-order valence-corrected chi connectivity index (χ2v) is 8.46. The number of anilines is 1. The number of nitrogens with zero attached hydrogens (tertiary/aromatic N) is 2. The van der Waals surface area contributed by atoms with E-state index < -0.39 is 34.7 Å². The molecule has 0 aromatic carbocycles. The van der Waals surface area contributed by atoms with Gasteiger partial charge in [0.05, 0.1) is 39.6 Å². The van der Waals surface area contributed by atoms with Crippen LogP contribution in [0.25, 0.3) is 0 Å². The normalized spacial score (nSPS) is 17.9. The van der Waals surface area contributed by atoms with Crippen molar-refractivity contribution in [2.45, 2.75) is 40.5 Å². The number of fused-ring (bicyclic) bond motifs is 1. The van der Waals surface area contributed by atoms with Gasteiger partial charge < -0.3 is 28.6 Å². The molecule has 0 radical (unpaired) electrons. The SMILES string of the molecule is CCOC(=O)C1(C(=O)OCC)Cc2cnc(N3CCOCC3)cc2CC1(C(=O)OCC)C(=O)OCC. The van der Waals surface area contributed by atoms with E-state index in [4.69, 9.17) is 23.7 Å². The minimum absolute atomic E-state index is 0.0794. The van der Waals surface area contributed by atoms with Gasteiger partial charge in [-0.25, -0.2) is 4.98 Å². The first-order valence-corrected chi connectivity index (χ1v) is 12.3. The van der Waals surface area contributed by atoms with Gasteiger partial charge in [0.25, 0.3) is 0 Å². The number of pyridine rings is 1. The largest absolute Gasteiger partial charge is 0.465 e. The summed E-state index contributed by atoms with van der Waals surface area (Å²) in [5, 5.41) is 0. The summed E-state index contributed by atoms with van der Waals surface area (Å²) in [5.41, 5.74) is -3.60. The van der Waals surface area contributed by atoms with Crippen molar-refractivity contribution in [1.82, 2.24) is 4.98 Å². The van der Waals surface area contributed by atoms with Crippen LogP contribution in [-0.4, -0.2) is 81.6 Å². The van der Waals surface area contributed by atoms with Crippen LogP contribution >= 0.6 is 0 Å². The zero-order valence-corrected chi connectivity index (χ0v) is 21.3. The molecule has 0 spiro atoms. The Labute approximate surface area is 210 Å². The van der Waals surface area contributed by atoms with Crippen LogP contribution in [0.4, 0.5) is 5.82 Å². The number of morpholine rings is 1. The fraction of sp³-hybridized carbons (Fsp3) is 0.640. The molecule has 198 valence electrons. The van der Waals surface area contributed by atoms with Crippen LogP contribution in [0.15, 0.2) is 12.3 Å². The molecule has 0 unspecified atom stereocenters. The van der Waals surface area contributed by atoms with Crippen molar-refractivity contribution in [2.24, 2.45) is 10.8 Å². The topological polar surface area (TPSA) is 131 Å². The molecular formula is C25H34N2O9. The van der Waals surface area contributed by atoms with Crippen LogP contribution in [0.5, 0.6) is 0 Å². The quantitative estimate of drug-likeness (QED) is 0.272. The second-order valence-electron chi connectivity index (χ2n) is 8.46. The molecule has 1 aromatic heterocycles. The highest BCUT2D eigenvalue weighted by Gasteiger charge is 2.74. The molecule has 11 heteroatoms. The molecule has 0 atom stereocenters. The molecule has 3 rings (SSSR count). The van der Waals surface area contributed by atoms with Crippen molar-refractivity contribution in [1.29, 1.82) is 0 Å². The van der Waals surface area contributed by atoms with Gasteiger partial charge in [0, 0.05) is 32.1 Å². The summed E-state index contributed by atoms with van der Waals surface area (Å²) in [7, 11) is 0. The number of aromatic nitrogens is 1. The number of carbonyl (C=O) groups is 4. The van der Waals surface area contributed by atoms with Crippen molar-refractivity contribution in [2.75, 3.05) is 57.6 Å². The molecule has 11 nitrogen and oxygen atoms in total. The summed E-state index contributed by atoms with van der Waals surface area (Å²) < 4.78 is 26.7. The standard InChI is InChI=1S/C25H34N2O9/c1-5-33-20(28)24(21(29)34-6-2)14-17-13-19(27-9-11-32-12-10-27)26-16-18(17)15-25(24,22(30)35-7-3)23(31)36-8-4/h13,16H,5-12,14-15H2,1-4H3. The van der Waals surface area contributed by atoms with Gasteiger partial charge in [-0.05, 0) is 44.9 Å². The molecule has 0 N–H and O–H groups in total. The maximum atomic E-state index is 13.7. The van der Waals surface area contributed by atoms with Gasteiger partial charge >= 0.3 is 23.9 Å². The lowest BCUT2D eigenvalue weighted by Crippen LogP contribution is -2.66. The summed E-state index contributed by atoms with van der Waals surface area (Å²) in [6, 6.07) is 1.77. The van der Waals surface area contributed by atoms with E-state index in [1.165, 1.54) is 0 Å². The number of esters is 4. The van der Waals surface area contributed by atoms with Crippen molar-refractivity contribution in [3.8, 4) is 0 Å². The van der Waals surface area contributed by atoms with Crippen LogP contribution in [0.2, 0.25) is 0 Å². The smallest absolute Gasteiger partial charge is 0.325 e. The first-order chi connectivity index (χ1) is 17.3. The third-order valence-corrected chi connectivity index (χ3v) is 6.54. The summed E-state index contributed by atoms with van der Waals surface area (Å²) in [4.78, 5) is 61.2. The fourth-order valence-electron chi connectivity index (χ4n) is 4.84. The van der Waals surface area contributed by atoms with Gasteiger partial charge in [-0.1, -0.05) is 0 Å². The van der Waals surface area contributed by atoms with Gasteiger partial charge in [0.2, 0.25) is 0 Å². The first kappa shape index (κ1) is 27.4. The Morgan fingerprint density at radius 2 is 1.19 bits per heavy atom. The van der Waals surface area contributed by atoms with Gasteiger partial charge in [0.1, 0.15) is 5.82 Å². The zero-order valence-electron chi connectivity index (χ0n) is 21.3. The highest BCUT2D eigenvalue weighted by Crippen LogP contribution is 2.53. The van der Waals surface area contributed by atoms with E-state index in [1.807, 2.05) is 4.90 Å². The lowest BCUT2D eigenvalue weighted by molar-refractivity contribution is -0.204. The Hall–Kier alpha value is -3.21. The van der Waals surface area contributed by atoms with E-state index in [1.54, 1.807) is 40.0 Å². The Kier molecular flexibility index (Phi) is 8.89. The third-order valence-electron chi connectivity index (χ3n) is 6.54.